The molecule has 0 unspecified atom stereocenters. The van der Waals surface area contributed by atoms with E-state index in [1.807, 2.05) is 6.92 Å². The Bertz CT molecular complexity index is 586. The van der Waals surface area contributed by atoms with Crippen molar-refractivity contribution >= 4 is 5.82 Å². The third kappa shape index (κ3) is 4.53. The normalized spacial score (nSPS) is 25.4. The smallest absolute Gasteiger partial charge is 0.132 e. The third-order valence-electron chi connectivity index (χ3n) is 5.98. The Balaban J connectivity index is 1.65. The number of aliphatic hydroxyl groups is 1. The maximum atomic E-state index is 9.92. The molecule has 2 atom stereocenters. The predicted molar refractivity (Wildman–Crippen MR) is 106 cm³/mol. The van der Waals surface area contributed by atoms with Crippen LogP contribution in [0.4, 0.5) is 5.82 Å². The zero-order valence-electron chi connectivity index (χ0n) is 16.9. The molecule has 3 heterocycles. The van der Waals surface area contributed by atoms with Crippen LogP contribution in [-0.4, -0.2) is 83.8 Å². The lowest BCUT2D eigenvalue weighted by Gasteiger charge is -2.36. The van der Waals surface area contributed by atoms with Crippen molar-refractivity contribution < 1.29 is 5.11 Å². The summed E-state index contributed by atoms with van der Waals surface area (Å²) in [6, 6.07) is 2.13. The quantitative estimate of drug-likeness (QED) is 0.830. The van der Waals surface area contributed by atoms with Crippen LogP contribution in [0.2, 0.25) is 0 Å². The van der Waals surface area contributed by atoms with Crippen LogP contribution >= 0.6 is 0 Å². The largest absolute Gasteiger partial charge is 0.396 e. The van der Waals surface area contributed by atoms with Crippen LogP contribution in [0.1, 0.15) is 38.2 Å². The maximum Gasteiger partial charge on any atom is 0.132 e. The summed E-state index contributed by atoms with van der Waals surface area (Å²) in [6.45, 7) is 17.5. The summed E-state index contributed by atoms with van der Waals surface area (Å²) < 4.78 is 0. The fraction of sp³-hybridized carbons (Fsp3) is 0.800. The Kier molecular flexibility index (Phi) is 6.48. The summed E-state index contributed by atoms with van der Waals surface area (Å²) in [4.78, 5) is 16.7. The molecule has 0 radical (unpaired) electrons. The lowest BCUT2D eigenvalue weighted by atomic mass is 9.96. The molecule has 6 nitrogen and oxygen atoms in total. The Labute approximate surface area is 158 Å². The fourth-order valence-electron chi connectivity index (χ4n) is 4.19. The SMILES string of the molecule is CCN1CCN(C[C@@H]2CN(c3cc(C(C)C)nc(C)n3)C[C@@H]2CO)CC1. The van der Waals surface area contributed by atoms with Crippen LogP contribution in [0.25, 0.3) is 0 Å². The van der Waals surface area contributed by atoms with Gasteiger partial charge in [0.1, 0.15) is 11.6 Å². The number of rotatable bonds is 6. The summed E-state index contributed by atoms with van der Waals surface area (Å²) in [7, 11) is 0. The van der Waals surface area contributed by atoms with Crippen molar-refractivity contribution in [1.82, 2.24) is 19.8 Å². The minimum Gasteiger partial charge on any atom is -0.396 e. The molecular formula is C20H35N5O. The van der Waals surface area contributed by atoms with E-state index in [9.17, 15) is 5.11 Å². The second kappa shape index (κ2) is 8.63. The lowest BCUT2D eigenvalue weighted by Crippen LogP contribution is -2.48. The van der Waals surface area contributed by atoms with Gasteiger partial charge in [0.05, 0.1) is 0 Å². The second-order valence-electron chi connectivity index (χ2n) is 8.20. The number of aromatic nitrogens is 2. The molecule has 3 rings (SSSR count). The molecule has 2 aliphatic rings. The topological polar surface area (TPSA) is 55.7 Å². The van der Waals surface area contributed by atoms with Gasteiger partial charge in [0.2, 0.25) is 0 Å². The molecule has 0 amide bonds. The number of hydrogen-bond acceptors (Lipinski definition) is 6. The van der Waals surface area contributed by atoms with Gasteiger partial charge in [0.25, 0.3) is 0 Å². The fourth-order valence-corrected chi connectivity index (χ4v) is 4.19. The van der Waals surface area contributed by atoms with E-state index >= 15 is 0 Å². The minimum atomic E-state index is 0.261. The van der Waals surface area contributed by atoms with E-state index in [2.05, 4.69) is 51.5 Å². The summed E-state index contributed by atoms with van der Waals surface area (Å²) in [5.74, 6) is 3.10. The van der Waals surface area contributed by atoms with Gasteiger partial charge in [-0.15, -0.1) is 0 Å². The Morgan fingerprint density at radius 3 is 2.35 bits per heavy atom. The number of piperazine rings is 1. The molecule has 2 saturated heterocycles. The molecule has 0 bridgehead atoms. The molecule has 1 N–H and O–H groups in total. The number of likely N-dealkylation sites (N-methyl/N-ethyl adjacent to an activating group) is 1. The maximum absolute atomic E-state index is 9.92. The monoisotopic (exact) mass is 361 g/mol. The molecule has 0 spiro atoms. The first-order chi connectivity index (χ1) is 12.5. The first kappa shape index (κ1) is 19.5. The molecule has 1 aromatic rings. The highest BCUT2D eigenvalue weighted by Crippen LogP contribution is 2.29. The van der Waals surface area contributed by atoms with E-state index in [4.69, 9.17) is 0 Å². The van der Waals surface area contributed by atoms with Crippen molar-refractivity contribution in [1.29, 1.82) is 0 Å². The van der Waals surface area contributed by atoms with E-state index in [1.54, 1.807) is 0 Å². The van der Waals surface area contributed by atoms with Gasteiger partial charge >= 0.3 is 0 Å². The van der Waals surface area contributed by atoms with Gasteiger partial charge in [-0.05, 0) is 25.3 Å². The van der Waals surface area contributed by atoms with Gasteiger partial charge < -0.3 is 19.8 Å². The van der Waals surface area contributed by atoms with Crippen LogP contribution in [0.5, 0.6) is 0 Å². The van der Waals surface area contributed by atoms with E-state index < -0.39 is 0 Å². The molecule has 1 aromatic heterocycles. The summed E-state index contributed by atoms with van der Waals surface area (Å²) in [6.07, 6.45) is 0. The van der Waals surface area contributed by atoms with Crippen molar-refractivity contribution in [2.24, 2.45) is 11.8 Å². The first-order valence-corrected chi connectivity index (χ1v) is 10.2. The Morgan fingerprint density at radius 1 is 1.08 bits per heavy atom. The molecule has 2 fully saturated rings. The molecule has 26 heavy (non-hydrogen) atoms. The molecular weight excluding hydrogens is 326 g/mol. The van der Waals surface area contributed by atoms with E-state index in [0.717, 1.165) is 56.6 Å². The highest BCUT2D eigenvalue weighted by molar-refractivity contribution is 5.42. The van der Waals surface area contributed by atoms with E-state index in [-0.39, 0.29) is 6.61 Å². The zero-order valence-corrected chi connectivity index (χ0v) is 16.9. The highest BCUT2D eigenvalue weighted by Gasteiger charge is 2.35. The molecule has 0 aromatic carbocycles. The van der Waals surface area contributed by atoms with E-state index in [1.165, 1.54) is 13.1 Å². The predicted octanol–water partition coefficient (Wildman–Crippen LogP) is 1.59. The molecule has 146 valence electrons. The molecule has 0 aliphatic carbocycles. The van der Waals surface area contributed by atoms with Crippen molar-refractivity contribution in [3.05, 3.63) is 17.6 Å². The minimum absolute atomic E-state index is 0.261. The van der Waals surface area contributed by atoms with Gasteiger partial charge in [-0.2, -0.15) is 0 Å². The molecule has 2 aliphatic heterocycles. The van der Waals surface area contributed by atoms with Crippen molar-refractivity contribution in [3.63, 3.8) is 0 Å². The van der Waals surface area contributed by atoms with Crippen LogP contribution < -0.4 is 4.90 Å². The molecule has 6 heteroatoms. The number of hydrogen-bond donors (Lipinski definition) is 1. The summed E-state index contributed by atoms with van der Waals surface area (Å²) in [5.41, 5.74) is 1.10. The van der Waals surface area contributed by atoms with Gasteiger partial charge in [-0.3, -0.25) is 0 Å². The average molecular weight is 362 g/mol. The van der Waals surface area contributed by atoms with Gasteiger partial charge in [-0.1, -0.05) is 20.8 Å². The Morgan fingerprint density at radius 2 is 1.73 bits per heavy atom. The average Bonchev–Trinajstić information content (AvgIpc) is 3.04. The Hall–Kier alpha value is -1.24. The summed E-state index contributed by atoms with van der Waals surface area (Å²) >= 11 is 0. The standard InChI is InChI=1S/C20H35N5O/c1-5-23-6-8-24(9-7-23)11-17-12-25(13-18(17)14-26)20-10-19(15(2)3)21-16(4)22-20/h10,15,17-18,26H,5-9,11-14H2,1-4H3/t17-,18-/m1/s1. The zero-order chi connectivity index (χ0) is 18.7. The lowest BCUT2D eigenvalue weighted by molar-refractivity contribution is 0.106. The molecule has 0 saturated carbocycles. The van der Waals surface area contributed by atoms with Gasteiger partial charge in [0, 0.05) is 70.1 Å². The van der Waals surface area contributed by atoms with Crippen molar-refractivity contribution in [3.8, 4) is 0 Å². The van der Waals surface area contributed by atoms with Crippen molar-refractivity contribution in [2.75, 3.05) is 63.9 Å². The third-order valence-corrected chi connectivity index (χ3v) is 5.98. The first-order valence-electron chi connectivity index (χ1n) is 10.2. The highest BCUT2D eigenvalue weighted by atomic mass is 16.3. The van der Waals surface area contributed by atoms with Gasteiger partial charge in [-0.25, -0.2) is 9.97 Å². The second-order valence-corrected chi connectivity index (χ2v) is 8.20. The summed E-state index contributed by atoms with van der Waals surface area (Å²) in [5, 5.41) is 9.92. The van der Waals surface area contributed by atoms with Crippen LogP contribution in [0.15, 0.2) is 6.07 Å². The number of nitrogens with zero attached hydrogens (tertiary/aromatic N) is 5. The van der Waals surface area contributed by atoms with E-state index in [0.29, 0.717) is 17.8 Å². The van der Waals surface area contributed by atoms with Crippen LogP contribution in [0, 0.1) is 18.8 Å². The van der Waals surface area contributed by atoms with Crippen molar-refractivity contribution in [2.45, 2.75) is 33.6 Å². The number of anilines is 1. The van der Waals surface area contributed by atoms with Crippen LogP contribution in [0.3, 0.4) is 0 Å². The van der Waals surface area contributed by atoms with Gasteiger partial charge in [0.15, 0.2) is 0 Å². The number of aliphatic hydroxyl groups excluding tert-OH is 1. The van der Waals surface area contributed by atoms with Crippen LogP contribution in [-0.2, 0) is 0 Å². The number of aryl methyl sites for hydroxylation is 1.